The molecule has 1 aromatic carbocycles. The summed E-state index contributed by atoms with van der Waals surface area (Å²) >= 11 is 0. The highest BCUT2D eigenvalue weighted by Crippen LogP contribution is 2.39. The highest BCUT2D eigenvalue weighted by Gasteiger charge is 2.32. The minimum Gasteiger partial charge on any atom is -0.478 e. The van der Waals surface area contributed by atoms with Gasteiger partial charge in [-0.05, 0) is 55.2 Å². The van der Waals surface area contributed by atoms with Crippen molar-refractivity contribution in [3.8, 4) is 0 Å². The van der Waals surface area contributed by atoms with Crippen molar-refractivity contribution in [3.63, 3.8) is 0 Å². The number of hydrogen-bond acceptors (Lipinski definition) is 2. The fourth-order valence-electron chi connectivity index (χ4n) is 3.27. The maximum Gasteiger partial charge on any atom is 0.335 e. The maximum atomic E-state index is 11.1. The van der Waals surface area contributed by atoms with Crippen LogP contribution in [0.25, 0.3) is 0 Å². The second-order valence-electron chi connectivity index (χ2n) is 6.97. The largest absolute Gasteiger partial charge is 0.478 e. The van der Waals surface area contributed by atoms with Crippen molar-refractivity contribution in [1.29, 1.82) is 0 Å². The van der Waals surface area contributed by atoms with E-state index in [9.17, 15) is 4.79 Å². The van der Waals surface area contributed by atoms with Crippen LogP contribution in [0.4, 0.5) is 5.69 Å². The molecule has 1 fully saturated rings. The molecule has 1 saturated carbocycles. The van der Waals surface area contributed by atoms with Crippen molar-refractivity contribution in [2.45, 2.75) is 53.0 Å². The van der Waals surface area contributed by atoms with Gasteiger partial charge in [0, 0.05) is 11.7 Å². The predicted octanol–water partition coefficient (Wildman–Crippen LogP) is 4.32. The molecule has 0 amide bonds. The highest BCUT2D eigenvalue weighted by molar-refractivity contribution is 5.89. The Hall–Kier alpha value is -1.51. The lowest BCUT2D eigenvalue weighted by Gasteiger charge is -2.40. The second kappa shape index (κ2) is 5.47. The van der Waals surface area contributed by atoms with Crippen LogP contribution in [0.5, 0.6) is 0 Å². The Morgan fingerprint density at radius 2 is 2.10 bits per heavy atom. The third-order valence-corrected chi connectivity index (χ3v) is 4.52. The maximum absolute atomic E-state index is 11.1. The minimum atomic E-state index is -0.870. The molecule has 2 atom stereocenters. The fourth-order valence-corrected chi connectivity index (χ4v) is 3.27. The summed E-state index contributed by atoms with van der Waals surface area (Å²) in [5.74, 6) is -0.266. The Balaban J connectivity index is 2.14. The highest BCUT2D eigenvalue weighted by atomic mass is 16.4. The van der Waals surface area contributed by atoms with Gasteiger partial charge in [-0.25, -0.2) is 4.79 Å². The summed E-state index contributed by atoms with van der Waals surface area (Å²) in [6.45, 7) is 8.96. The summed E-state index contributed by atoms with van der Waals surface area (Å²) in [5, 5.41) is 12.7. The number of aryl methyl sites for hydroxylation is 1. The lowest BCUT2D eigenvalue weighted by atomic mass is 9.70. The third-order valence-electron chi connectivity index (χ3n) is 4.52. The van der Waals surface area contributed by atoms with Crippen LogP contribution in [0.3, 0.4) is 0 Å². The predicted molar refractivity (Wildman–Crippen MR) is 82.3 cm³/mol. The van der Waals surface area contributed by atoms with Crippen LogP contribution >= 0.6 is 0 Å². The molecule has 0 aromatic heterocycles. The van der Waals surface area contributed by atoms with E-state index in [1.165, 1.54) is 12.8 Å². The lowest BCUT2D eigenvalue weighted by molar-refractivity contribution is 0.0697. The molecular formula is C17H25NO2. The normalized spacial score (nSPS) is 25.2. The Labute approximate surface area is 121 Å². The molecule has 3 heteroatoms. The van der Waals surface area contributed by atoms with Crippen LogP contribution in [0.2, 0.25) is 0 Å². The average molecular weight is 275 g/mol. The van der Waals surface area contributed by atoms with Gasteiger partial charge in [0.15, 0.2) is 0 Å². The van der Waals surface area contributed by atoms with E-state index in [1.807, 2.05) is 13.0 Å². The van der Waals surface area contributed by atoms with E-state index in [4.69, 9.17) is 5.11 Å². The first-order valence-electron chi connectivity index (χ1n) is 7.39. The first-order valence-corrected chi connectivity index (χ1v) is 7.39. The number of benzene rings is 1. The van der Waals surface area contributed by atoms with Crippen LogP contribution in [0.15, 0.2) is 18.2 Å². The first-order chi connectivity index (χ1) is 9.28. The summed E-state index contributed by atoms with van der Waals surface area (Å²) in [7, 11) is 0. The number of carboxylic acid groups (broad SMARTS) is 1. The molecule has 20 heavy (non-hydrogen) atoms. The minimum absolute atomic E-state index is 0.349. The molecule has 110 valence electrons. The monoisotopic (exact) mass is 275 g/mol. The number of hydrogen-bond donors (Lipinski definition) is 2. The van der Waals surface area contributed by atoms with Crippen LogP contribution < -0.4 is 5.32 Å². The average Bonchev–Trinajstić information content (AvgIpc) is 2.34. The molecule has 0 aliphatic heterocycles. The molecule has 0 bridgehead atoms. The smallest absolute Gasteiger partial charge is 0.335 e. The van der Waals surface area contributed by atoms with E-state index >= 15 is 0 Å². The van der Waals surface area contributed by atoms with Gasteiger partial charge in [-0.2, -0.15) is 0 Å². The van der Waals surface area contributed by atoms with Gasteiger partial charge in [0.05, 0.1) is 5.56 Å². The number of carboxylic acids is 1. The van der Waals surface area contributed by atoms with Gasteiger partial charge < -0.3 is 10.4 Å². The molecular weight excluding hydrogens is 250 g/mol. The molecule has 1 aromatic rings. The summed E-state index contributed by atoms with van der Waals surface area (Å²) in [6, 6.07) is 5.73. The topological polar surface area (TPSA) is 49.3 Å². The Morgan fingerprint density at radius 1 is 1.40 bits per heavy atom. The number of nitrogens with one attached hydrogen (secondary N) is 1. The zero-order chi connectivity index (χ0) is 14.9. The molecule has 0 heterocycles. The zero-order valence-corrected chi connectivity index (χ0v) is 12.9. The van der Waals surface area contributed by atoms with E-state index in [0.717, 1.165) is 17.7 Å². The van der Waals surface area contributed by atoms with Gasteiger partial charge >= 0.3 is 5.97 Å². The van der Waals surface area contributed by atoms with Gasteiger partial charge in [0.25, 0.3) is 0 Å². The van der Waals surface area contributed by atoms with Crippen molar-refractivity contribution < 1.29 is 9.90 Å². The second-order valence-corrected chi connectivity index (χ2v) is 6.97. The van der Waals surface area contributed by atoms with Crippen molar-refractivity contribution in [3.05, 3.63) is 29.3 Å². The molecule has 1 aliphatic carbocycles. The first kappa shape index (κ1) is 14.9. The molecule has 1 aliphatic rings. The summed E-state index contributed by atoms with van der Waals surface area (Å²) in [5.41, 5.74) is 2.84. The fraction of sp³-hybridized carbons (Fsp3) is 0.588. The van der Waals surface area contributed by atoms with Gasteiger partial charge in [-0.3, -0.25) is 0 Å². The summed E-state index contributed by atoms with van der Waals surface area (Å²) < 4.78 is 0. The lowest BCUT2D eigenvalue weighted by Crippen LogP contribution is -2.37. The zero-order valence-electron chi connectivity index (χ0n) is 12.9. The third kappa shape index (κ3) is 3.33. The molecule has 2 unspecified atom stereocenters. The molecule has 0 radical (unpaired) electrons. The van der Waals surface area contributed by atoms with Crippen LogP contribution in [0.1, 0.15) is 56.0 Å². The van der Waals surface area contributed by atoms with Gasteiger partial charge in [0.2, 0.25) is 0 Å². The Morgan fingerprint density at radius 3 is 2.70 bits per heavy atom. The molecule has 2 N–H and O–H groups in total. The van der Waals surface area contributed by atoms with Gasteiger partial charge in [0.1, 0.15) is 0 Å². The summed E-state index contributed by atoms with van der Waals surface area (Å²) in [4.78, 5) is 11.1. The molecule has 3 nitrogen and oxygen atoms in total. The molecule has 0 spiro atoms. The van der Waals surface area contributed by atoms with Gasteiger partial charge in [-0.1, -0.05) is 26.8 Å². The van der Waals surface area contributed by atoms with Crippen molar-refractivity contribution >= 4 is 11.7 Å². The van der Waals surface area contributed by atoms with E-state index in [0.29, 0.717) is 22.9 Å². The van der Waals surface area contributed by atoms with Crippen LogP contribution in [-0.4, -0.2) is 17.1 Å². The van der Waals surface area contributed by atoms with Gasteiger partial charge in [-0.15, -0.1) is 0 Å². The number of rotatable bonds is 3. The van der Waals surface area contributed by atoms with E-state index in [-0.39, 0.29) is 0 Å². The van der Waals surface area contributed by atoms with Crippen LogP contribution in [0, 0.1) is 18.3 Å². The Bertz CT molecular complexity index is 508. The SMILES string of the molecule is Cc1ccc(C(=O)O)cc1NC1CCC(C)(C)CC1C. The molecule has 2 rings (SSSR count). The summed E-state index contributed by atoms with van der Waals surface area (Å²) in [6.07, 6.45) is 3.57. The Kier molecular flexibility index (Phi) is 4.07. The van der Waals surface area contributed by atoms with Crippen molar-refractivity contribution in [1.82, 2.24) is 0 Å². The number of carbonyl (C=O) groups is 1. The number of aromatic carboxylic acids is 1. The van der Waals surface area contributed by atoms with Crippen molar-refractivity contribution in [2.75, 3.05) is 5.32 Å². The van der Waals surface area contributed by atoms with E-state index < -0.39 is 5.97 Å². The van der Waals surface area contributed by atoms with E-state index in [2.05, 4.69) is 26.1 Å². The molecule has 0 saturated heterocycles. The van der Waals surface area contributed by atoms with Crippen LogP contribution in [-0.2, 0) is 0 Å². The number of anilines is 1. The van der Waals surface area contributed by atoms with E-state index in [1.54, 1.807) is 12.1 Å². The van der Waals surface area contributed by atoms with Crippen molar-refractivity contribution in [2.24, 2.45) is 11.3 Å². The standard InChI is InChI=1S/C17H25NO2/c1-11-5-6-13(16(19)20)9-15(11)18-14-7-8-17(3,4)10-12(14)2/h5-6,9,12,14,18H,7-8,10H2,1-4H3,(H,19,20). The quantitative estimate of drug-likeness (QED) is 0.863.